The van der Waals surface area contributed by atoms with Gasteiger partial charge in [-0.05, 0) is 25.9 Å². The lowest BCUT2D eigenvalue weighted by Gasteiger charge is -2.32. The van der Waals surface area contributed by atoms with Gasteiger partial charge in [-0.1, -0.05) is 12.1 Å². The van der Waals surface area contributed by atoms with Crippen LogP contribution in [0.4, 0.5) is 0 Å². The molecule has 1 fully saturated rings. The zero-order valence-corrected chi connectivity index (χ0v) is 10.8. The summed E-state index contributed by atoms with van der Waals surface area (Å²) in [6, 6.07) is 0.653. The van der Waals surface area contributed by atoms with E-state index in [1.165, 1.54) is 19.4 Å². The van der Waals surface area contributed by atoms with Crippen LogP contribution in [0.3, 0.4) is 0 Å². The third-order valence-corrected chi connectivity index (χ3v) is 3.22. The first-order valence-corrected chi connectivity index (χ1v) is 6.53. The lowest BCUT2D eigenvalue weighted by molar-refractivity contribution is 0.192. The smallest absolute Gasteiger partial charge is 0.223 e. The molecule has 2 rings (SSSR count). The average Bonchev–Trinajstić information content (AvgIpc) is 2.74. The monoisotopic (exact) mass is 238 g/mol. The summed E-state index contributed by atoms with van der Waals surface area (Å²) in [7, 11) is 0. The van der Waals surface area contributed by atoms with Crippen LogP contribution in [0.15, 0.2) is 4.52 Å². The minimum atomic E-state index is 0.653. The van der Waals surface area contributed by atoms with Gasteiger partial charge < -0.3 is 14.7 Å². The van der Waals surface area contributed by atoms with Crippen LogP contribution < -0.4 is 5.32 Å². The lowest BCUT2D eigenvalue weighted by Crippen LogP contribution is -2.46. The highest BCUT2D eigenvalue weighted by Crippen LogP contribution is 2.10. The van der Waals surface area contributed by atoms with Crippen molar-refractivity contribution in [3.8, 4) is 0 Å². The highest BCUT2D eigenvalue weighted by Gasteiger charge is 2.18. The van der Waals surface area contributed by atoms with Crippen LogP contribution in [0.1, 0.15) is 31.5 Å². The van der Waals surface area contributed by atoms with Gasteiger partial charge in [0.2, 0.25) is 5.89 Å². The summed E-state index contributed by atoms with van der Waals surface area (Å²) in [5.74, 6) is 1.48. The Morgan fingerprint density at radius 2 is 2.41 bits per heavy atom. The van der Waals surface area contributed by atoms with E-state index in [1.54, 1.807) is 0 Å². The van der Waals surface area contributed by atoms with Crippen molar-refractivity contribution in [2.75, 3.05) is 26.2 Å². The van der Waals surface area contributed by atoms with Crippen LogP contribution in [-0.4, -0.2) is 47.3 Å². The van der Waals surface area contributed by atoms with Gasteiger partial charge in [0, 0.05) is 32.5 Å². The molecule has 0 amide bonds. The van der Waals surface area contributed by atoms with Crippen molar-refractivity contribution < 1.29 is 4.52 Å². The molecule has 1 aromatic rings. The van der Waals surface area contributed by atoms with Gasteiger partial charge in [-0.15, -0.1) is 0 Å². The normalized spacial score (nSPS) is 21.9. The maximum atomic E-state index is 4.97. The van der Waals surface area contributed by atoms with Crippen LogP contribution in [0.25, 0.3) is 0 Å². The van der Waals surface area contributed by atoms with Gasteiger partial charge in [0.05, 0.1) is 0 Å². The maximum Gasteiger partial charge on any atom is 0.223 e. The Labute approximate surface area is 103 Å². The molecular formula is C12H22N4O. The van der Waals surface area contributed by atoms with Crippen molar-refractivity contribution >= 4 is 0 Å². The Balaban J connectivity index is 1.75. The van der Waals surface area contributed by atoms with E-state index in [9.17, 15) is 0 Å². The fourth-order valence-corrected chi connectivity index (χ4v) is 2.41. The second kappa shape index (κ2) is 6.12. The van der Waals surface area contributed by atoms with Gasteiger partial charge in [-0.25, -0.2) is 0 Å². The minimum Gasteiger partial charge on any atom is -0.340 e. The zero-order valence-electron chi connectivity index (χ0n) is 10.8. The molecule has 96 valence electrons. The molecule has 0 saturated carbocycles. The molecule has 17 heavy (non-hydrogen) atoms. The van der Waals surface area contributed by atoms with E-state index in [2.05, 4.69) is 27.3 Å². The Morgan fingerprint density at radius 3 is 3.12 bits per heavy atom. The van der Waals surface area contributed by atoms with Gasteiger partial charge >= 0.3 is 0 Å². The summed E-state index contributed by atoms with van der Waals surface area (Å²) in [6.07, 6.45) is 3.46. The molecule has 1 aliphatic rings. The lowest BCUT2D eigenvalue weighted by atomic mass is 10.1. The molecular weight excluding hydrogens is 216 g/mol. The number of likely N-dealkylation sites (N-methyl/N-ethyl adjacent to an activating group) is 1. The number of hydrogen-bond donors (Lipinski definition) is 1. The first kappa shape index (κ1) is 12.5. The molecule has 5 nitrogen and oxygen atoms in total. The summed E-state index contributed by atoms with van der Waals surface area (Å²) in [4.78, 5) is 6.72. The number of aromatic nitrogens is 2. The number of rotatable bonds is 5. The molecule has 5 heteroatoms. The van der Waals surface area contributed by atoms with E-state index in [0.717, 1.165) is 31.9 Å². The van der Waals surface area contributed by atoms with Gasteiger partial charge in [0.25, 0.3) is 0 Å². The number of nitrogens with one attached hydrogen (secondary N) is 1. The van der Waals surface area contributed by atoms with Gasteiger partial charge in [0.1, 0.15) is 0 Å². The van der Waals surface area contributed by atoms with E-state index in [-0.39, 0.29) is 0 Å². The number of likely N-dealkylation sites (tertiary alicyclic amines) is 1. The predicted octanol–water partition coefficient (Wildman–Crippen LogP) is 0.994. The SMILES string of the molecule is CCNC1CCCN(CCc2noc(C)n2)C1. The molecule has 0 bridgehead atoms. The summed E-state index contributed by atoms with van der Waals surface area (Å²) < 4.78 is 4.97. The Morgan fingerprint density at radius 1 is 1.53 bits per heavy atom. The van der Waals surface area contributed by atoms with Crippen LogP contribution in [0.2, 0.25) is 0 Å². The van der Waals surface area contributed by atoms with Crippen molar-refractivity contribution in [3.63, 3.8) is 0 Å². The van der Waals surface area contributed by atoms with E-state index in [1.807, 2.05) is 6.92 Å². The molecule has 1 aliphatic heterocycles. The van der Waals surface area contributed by atoms with E-state index >= 15 is 0 Å². The quantitative estimate of drug-likeness (QED) is 0.829. The van der Waals surface area contributed by atoms with Crippen molar-refractivity contribution in [3.05, 3.63) is 11.7 Å². The van der Waals surface area contributed by atoms with Crippen molar-refractivity contribution in [2.24, 2.45) is 0 Å². The molecule has 1 saturated heterocycles. The first-order chi connectivity index (χ1) is 8.28. The number of aryl methyl sites for hydroxylation is 1. The summed E-state index contributed by atoms with van der Waals surface area (Å²) in [5.41, 5.74) is 0. The molecule has 0 aliphatic carbocycles. The van der Waals surface area contributed by atoms with Crippen molar-refractivity contribution in [2.45, 2.75) is 39.2 Å². The molecule has 0 spiro atoms. The molecule has 1 unspecified atom stereocenters. The van der Waals surface area contributed by atoms with Gasteiger partial charge in [0.15, 0.2) is 5.82 Å². The highest BCUT2D eigenvalue weighted by molar-refractivity contribution is 4.86. The maximum absolute atomic E-state index is 4.97. The molecule has 1 aromatic heterocycles. The van der Waals surface area contributed by atoms with Crippen LogP contribution in [-0.2, 0) is 6.42 Å². The molecule has 1 atom stereocenters. The molecule has 0 aromatic carbocycles. The fraction of sp³-hybridized carbons (Fsp3) is 0.833. The summed E-state index contributed by atoms with van der Waals surface area (Å²) >= 11 is 0. The zero-order chi connectivity index (χ0) is 12.1. The van der Waals surface area contributed by atoms with Crippen LogP contribution in [0.5, 0.6) is 0 Å². The summed E-state index contributed by atoms with van der Waals surface area (Å²) in [5, 5.41) is 7.45. The van der Waals surface area contributed by atoms with E-state index < -0.39 is 0 Å². The largest absolute Gasteiger partial charge is 0.340 e. The van der Waals surface area contributed by atoms with Crippen LogP contribution >= 0.6 is 0 Å². The minimum absolute atomic E-state index is 0.653. The van der Waals surface area contributed by atoms with E-state index in [4.69, 9.17) is 4.52 Å². The second-order valence-electron chi connectivity index (χ2n) is 4.68. The molecule has 0 radical (unpaired) electrons. The first-order valence-electron chi connectivity index (χ1n) is 6.53. The van der Waals surface area contributed by atoms with E-state index in [0.29, 0.717) is 11.9 Å². The fourth-order valence-electron chi connectivity index (χ4n) is 2.41. The highest BCUT2D eigenvalue weighted by atomic mass is 16.5. The second-order valence-corrected chi connectivity index (χ2v) is 4.68. The molecule has 1 N–H and O–H groups in total. The number of nitrogens with zero attached hydrogens (tertiary/aromatic N) is 3. The summed E-state index contributed by atoms with van der Waals surface area (Å²) in [6.45, 7) is 8.42. The van der Waals surface area contributed by atoms with Crippen molar-refractivity contribution in [1.29, 1.82) is 0 Å². The number of piperidine rings is 1. The predicted molar refractivity (Wildman–Crippen MR) is 65.9 cm³/mol. The standard InChI is InChI=1S/C12H22N4O/c1-3-13-11-5-4-7-16(9-11)8-6-12-14-10(2)17-15-12/h11,13H,3-9H2,1-2H3. The van der Waals surface area contributed by atoms with Crippen molar-refractivity contribution in [1.82, 2.24) is 20.4 Å². The van der Waals surface area contributed by atoms with Gasteiger partial charge in [-0.2, -0.15) is 4.98 Å². The average molecular weight is 238 g/mol. The van der Waals surface area contributed by atoms with Crippen LogP contribution in [0, 0.1) is 6.92 Å². The topological polar surface area (TPSA) is 54.2 Å². The van der Waals surface area contributed by atoms with Gasteiger partial charge in [-0.3, -0.25) is 0 Å². The number of hydrogen-bond acceptors (Lipinski definition) is 5. The third-order valence-electron chi connectivity index (χ3n) is 3.22. The Kier molecular flexibility index (Phi) is 4.50. The Bertz CT molecular complexity index is 337. The Hall–Kier alpha value is -0.940. The third kappa shape index (κ3) is 3.78. The molecule has 2 heterocycles.